The molecule has 0 aliphatic heterocycles. The van der Waals surface area contributed by atoms with Gasteiger partial charge < -0.3 is 19.3 Å². The predicted octanol–water partition coefficient (Wildman–Crippen LogP) is 11.4. The van der Waals surface area contributed by atoms with Gasteiger partial charge in [0, 0.05) is 12.8 Å². The predicted molar refractivity (Wildman–Crippen MR) is 215 cm³/mol. The standard InChI is InChI=1S/C43H65O8P/c1-3-5-7-9-11-13-15-17-19-21-23-25-27-29-31-33-35-37-42(44)49-39-41(40-50-52(46,47)48)51-43(45)38-36-34-32-30-28-26-24-22-20-18-16-14-12-10-8-6-4-2/h5-8,11-14,17-20,23-26,29-32,41H,3-4,9-10,15-16,21-22,27-28,33-40H2,1-2H3,(H2,46,47,48)/b7-5+,8-6+,13-11+,14-12+,19-17+,20-18+,25-23+,26-24+,31-29+,32-30+/t41-/m1/s1. The van der Waals surface area contributed by atoms with Gasteiger partial charge in [0.25, 0.3) is 0 Å². The number of hydrogen-bond donors (Lipinski definition) is 2. The number of hydrogen-bond acceptors (Lipinski definition) is 6. The highest BCUT2D eigenvalue weighted by molar-refractivity contribution is 7.46. The van der Waals surface area contributed by atoms with Crippen LogP contribution in [0.4, 0.5) is 0 Å². The van der Waals surface area contributed by atoms with Crippen molar-refractivity contribution >= 4 is 19.8 Å². The molecule has 0 radical (unpaired) electrons. The van der Waals surface area contributed by atoms with Gasteiger partial charge in [-0.05, 0) is 89.9 Å². The molecule has 0 rings (SSSR count). The normalized spacial score (nSPS) is 13.8. The zero-order valence-electron chi connectivity index (χ0n) is 31.6. The maximum atomic E-state index is 12.3. The Morgan fingerprint density at radius 2 is 0.827 bits per heavy atom. The molecule has 0 amide bonds. The molecular weight excluding hydrogens is 675 g/mol. The average molecular weight is 741 g/mol. The van der Waals surface area contributed by atoms with E-state index in [0.717, 1.165) is 64.2 Å². The fraction of sp³-hybridized carbons (Fsp3) is 0.488. The van der Waals surface area contributed by atoms with Gasteiger partial charge in [0.05, 0.1) is 6.61 Å². The molecule has 8 nitrogen and oxygen atoms in total. The van der Waals surface area contributed by atoms with Crippen molar-refractivity contribution < 1.29 is 37.9 Å². The van der Waals surface area contributed by atoms with E-state index in [0.29, 0.717) is 25.7 Å². The summed E-state index contributed by atoms with van der Waals surface area (Å²) in [5, 5.41) is 0. The zero-order chi connectivity index (χ0) is 38.2. The molecule has 0 unspecified atom stereocenters. The largest absolute Gasteiger partial charge is 0.469 e. The molecule has 0 heterocycles. The first-order chi connectivity index (χ1) is 25.3. The Kier molecular flexibility index (Phi) is 34.7. The lowest BCUT2D eigenvalue weighted by molar-refractivity contribution is -0.161. The van der Waals surface area contributed by atoms with E-state index in [4.69, 9.17) is 19.3 Å². The van der Waals surface area contributed by atoms with E-state index in [1.807, 2.05) is 18.2 Å². The fourth-order valence-electron chi connectivity index (χ4n) is 4.26. The van der Waals surface area contributed by atoms with Crippen LogP contribution in [0.15, 0.2) is 122 Å². The number of esters is 2. The monoisotopic (exact) mass is 740 g/mol. The fourth-order valence-corrected chi connectivity index (χ4v) is 4.63. The van der Waals surface area contributed by atoms with Gasteiger partial charge in [-0.15, -0.1) is 0 Å². The van der Waals surface area contributed by atoms with E-state index in [2.05, 4.69) is 122 Å². The van der Waals surface area contributed by atoms with E-state index in [1.165, 1.54) is 0 Å². The minimum atomic E-state index is -4.79. The molecule has 52 heavy (non-hydrogen) atoms. The number of rotatable bonds is 32. The van der Waals surface area contributed by atoms with Gasteiger partial charge in [0.15, 0.2) is 6.10 Å². The lowest BCUT2D eigenvalue weighted by atomic mass is 10.2. The minimum absolute atomic E-state index is 0.113. The summed E-state index contributed by atoms with van der Waals surface area (Å²) in [4.78, 5) is 42.7. The minimum Gasteiger partial charge on any atom is -0.462 e. The Morgan fingerprint density at radius 3 is 1.17 bits per heavy atom. The van der Waals surface area contributed by atoms with Crippen LogP contribution in [0.5, 0.6) is 0 Å². The third-order valence-corrected chi connectivity index (χ3v) is 7.46. The van der Waals surface area contributed by atoms with Crippen LogP contribution in [0, 0.1) is 0 Å². The first kappa shape index (κ1) is 48.5. The van der Waals surface area contributed by atoms with E-state index in [-0.39, 0.29) is 19.4 Å². The van der Waals surface area contributed by atoms with Crippen LogP contribution in [0.1, 0.15) is 117 Å². The second-order valence-corrected chi connectivity index (χ2v) is 13.0. The molecule has 290 valence electrons. The number of allylic oxidation sites excluding steroid dienone is 20. The lowest BCUT2D eigenvalue weighted by Gasteiger charge is -2.18. The molecule has 0 bridgehead atoms. The number of unbranched alkanes of at least 4 members (excludes halogenated alkanes) is 2. The third kappa shape index (κ3) is 39.2. The molecule has 0 saturated heterocycles. The van der Waals surface area contributed by atoms with Gasteiger partial charge in [-0.25, -0.2) is 4.57 Å². The summed E-state index contributed by atoms with van der Waals surface area (Å²) in [6, 6.07) is 0. The summed E-state index contributed by atoms with van der Waals surface area (Å²) in [6.07, 6.45) is 53.6. The molecule has 0 aliphatic rings. The second-order valence-electron chi connectivity index (χ2n) is 11.8. The summed E-state index contributed by atoms with van der Waals surface area (Å²) in [7, 11) is -4.79. The van der Waals surface area contributed by atoms with Crippen molar-refractivity contribution in [1.29, 1.82) is 0 Å². The third-order valence-electron chi connectivity index (χ3n) is 6.98. The van der Waals surface area contributed by atoms with Crippen molar-refractivity contribution in [2.24, 2.45) is 0 Å². The first-order valence-corrected chi connectivity index (χ1v) is 20.4. The van der Waals surface area contributed by atoms with Gasteiger partial charge in [0.1, 0.15) is 6.61 Å². The topological polar surface area (TPSA) is 119 Å². The Labute approximate surface area is 314 Å². The molecule has 0 aromatic heterocycles. The molecule has 0 aromatic rings. The van der Waals surface area contributed by atoms with Gasteiger partial charge in [0.2, 0.25) is 0 Å². The van der Waals surface area contributed by atoms with Crippen LogP contribution < -0.4 is 0 Å². The van der Waals surface area contributed by atoms with Crippen LogP contribution in [0.2, 0.25) is 0 Å². The molecule has 9 heteroatoms. The molecule has 2 N–H and O–H groups in total. The van der Waals surface area contributed by atoms with Crippen LogP contribution in [0.25, 0.3) is 0 Å². The van der Waals surface area contributed by atoms with Crippen molar-refractivity contribution in [3.63, 3.8) is 0 Å². The van der Waals surface area contributed by atoms with Gasteiger partial charge in [-0.1, -0.05) is 135 Å². The number of phosphoric ester groups is 1. The Balaban J connectivity index is 4.21. The number of carbonyl (C=O) groups is 2. The maximum Gasteiger partial charge on any atom is 0.469 e. The van der Waals surface area contributed by atoms with Gasteiger partial charge in [-0.3, -0.25) is 14.1 Å². The van der Waals surface area contributed by atoms with Crippen molar-refractivity contribution in [3.8, 4) is 0 Å². The summed E-state index contributed by atoms with van der Waals surface area (Å²) >= 11 is 0. The number of carbonyl (C=O) groups excluding carboxylic acids is 2. The summed E-state index contributed by atoms with van der Waals surface area (Å²) in [5.41, 5.74) is 0. The Bertz CT molecular complexity index is 1240. The van der Waals surface area contributed by atoms with E-state index in [9.17, 15) is 14.2 Å². The molecule has 0 aromatic carbocycles. The lowest BCUT2D eigenvalue weighted by Crippen LogP contribution is -2.29. The summed E-state index contributed by atoms with van der Waals surface area (Å²) in [6.45, 7) is 3.33. The van der Waals surface area contributed by atoms with Crippen LogP contribution >= 0.6 is 7.82 Å². The van der Waals surface area contributed by atoms with Crippen LogP contribution in [-0.2, 0) is 28.2 Å². The molecule has 0 saturated carbocycles. The molecular formula is C43H65O8P. The highest BCUT2D eigenvalue weighted by Gasteiger charge is 2.22. The maximum absolute atomic E-state index is 12.3. The highest BCUT2D eigenvalue weighted by Crippen LogP contribution is 2.35. The van der Waals surface area contributed by atoms with Crippen LogP contribution in [0.3, 0.4) is 0 Å². The zero-order valence-corrected chi connectivity index (χ0v) is 32.5. The molecule has 0 fully saturated rings. The highest BCUT2D eigenvalue weighted by atomic mass is 31.2. The van der Waals surface area contributed by atoms with Gasteiger partial charge in [-0.2, -0.15) is 0 Å². The second kappa shape index (κ2) is 37.2. The van der Waals surface area contributed by atoms with Crippen molar-refractivity contribution in [2.45, 2.75) is 123 Å². The van der Waals surface area contributed by atoms with Gasteiger partial charge >= 0.3 is 19.8 Å². The summed E-state index contributed by atoms with van der Waals surface area (Å²) < 4.78 is 26.2. The van der Waals surface area contributed by atoms with E-state index < -0.39 is 32.5 Å². The average Bonchev–Trinajstić information content (AvgIpc) is 3.11. The Hall–Kier alpha value is -3.55. The van der Waals surface area contributed by atoms with Crippen molar-refractivity contribution in [3.05, 3.63) is 122 Å². The van der Waals surface area contributed by atoms with Crippen LogP contribution in [-0.4, -0.2) is 41.0 Å². The number of ether oxygens (including phenoxy) is 2. The quantitative estimate of drug-likeness (QED) is 0.0303. The Morgan fingerprint density at radius 1 is 0.500 bits per heavy atom. The van der Waals surface area contributed by atoms with E-state index >= 15 is 0 Å². The van der Waals surface area contributed by atoms with Crippen molar-refractivity contribution in [1.82, 2.24) is 0 Å². The first-order valence-electron chi connectivity index (χ1n) is 18.8. The summed E-state index contributed by atoms with van der Waals surface area (Å²) in [5.74, 6) is -1.04. The smallest absolute Gasteiger partial charge is 0.462 e. The van der Waals surface area contributed by atoms with Crippen molar-refractivity contribution in [2.75, 3.05) is 13.2 Å². The molecule has 0 aliphatic carbocycles. The molecule has 1 atom stereocenters. The number of phosphoric acid groups is 1. The SMILES string of the molecule is CC/C=C/C/C=C/C/C=C/C/C=C/C/C=C/CCCC(=O)OC[C@H](COP(=O)(O)O)OC(=O)CCC/C=C/C/C=C/C/C=C/C/C=C/C/C=C/CC. The van der Waals surface area contributed by atoms with E-state index in [1.54, 1.807) is 0 Å². The molecule has 0 spiro atoms.